The number of ether oxygens (including phenoxy) is 2. The summed E-state index contributed by atoms with van der Waals surface area (Å²) in [6, 6.07) is 10.2. The van der Waals surface area contributed by atoms with E-state index in [-0.39, 0.29) is 18.6 Å². The van der Waals surface area contributed by atoms with Crippen LogP contribution in [0.15, 0.2) is 36.4 Å². The quantitative estimate of drug-likeness (QED) is 0.746. The Morgan fingerprint density at radius 2 is 2.04 bits per heavy atom. The number of fused-ring (bicyclic) bond motifs is 1. The first-order chi connectivity index (χ1) is 13.4. The molecule has 0 spiro atoms. The maximum atomic E-state index is 13.3. The highest BCUT2D eigenvalue weighted by Crippen LogP contribution is 2.38. The van der Waals surface area contributed by atoms with Crippen molar-refractivity contribution >= 4 is 34.8 Å². The number of hydrogen-bond acceptors (Lipinski definition) is 5. The van der Waals surface area contributed by atoms with Gasteiger partial charge in [-0.15, -0.1) is 0 Å². The molecule has 0 aliphatic carbocycles. The number of methoxy groups -OCH3 is 1. The third-order valence-electron chi connectivity index (χ3n) is 4.60. The number of benzene rings is 2. The zero-order valence-corrected chi connectivity index (χ0v) is 16.2. The van der Waals surface area contributed by atoms with Crippen LogP contribution in [0.4, 0.5) is 11.4 Å². The number of nitrogens with zero attached hydrogens (tertiary/aromatic N) is 1. The van der Waals surface area contributed by atoms with E-state index in [0.29, 0.717) is 47.1 Å². The summed E-state index contributed by atoms with van der Waals surface area (Å²) < 4.78 is 11.0. The summed E-state index contributed by atoms with van der Waals surface area (Å²) in [5.41, 5.74) is 13.4. The lowest BCUT2D eigenvalue weighted by molar-refractivity contribution is -0.124. The number of nitrogen functional groups attached to an aromatic ring is 1. The molecule has 2 aromatic carbocycles. The van der Waals surface area contributed by atoms with Gasteiger partial charge in [0.05, 0.1) is 18.8 Å². The first-order valence-electron chi connectivity index (χ1n) is 8.85. The van der Waals surface area contributed by atoms with Crippen LogP contribution in [0.3, 0.4) is 0 Å². The topological polar surface area (TPSA) is 108 Å². The van der Waals surface area contributed by atoms with E-state index >= 15 is 0 Å². The van der Waals surface area contributed by atoms with Gasteiger partial charge >= 0.3 is 0 Å². The molecule has 0 saturated carbocycles. The summed E-state index contributed by atoms with van der Waals surface area (Å²) >= 11 is 6.18. The van der Waals surface area contributed by atoms with E-state index in [1.165, 1.54) is 7.11 Å². The molecule has 2 aromatic rings. The van der Waals surface area contributed by atoms with Gasteiger partial charge in [0.15, 0.2) is 0 Å². The Morgan fingerprint density at radius 3 is 2.75 bits per heavy atom. The van der Waals surface area contributed by atoms with Crippen molar-refractivity contribution in [2.75, 3.05) is 30.9 Å². The minimum absolute atomic E-state index is 0.198. The molecule has 1 aliphatic rings. The Kier molecular flexibility index (Phi) is 6.06. The molecular weight excluding hydrogens is 382 g/mol. The number of hydrogen-bond donors (Lipinski definition) is 2. The minimum Gasteiger partial charge on any atom is -0.496 e. The number of primary amides is 1. The van der Waals surface area contributed by atoms with Crippen LogP contribution in [0.2, 0.25) is 5.02 Å². The van der Waals surface area contributed by atoms with Crippen LogP contribution in [0.1, 0.15) is 34.9 Å². The average molecular weight is 404 g/mol. The van der Waals surface area contributed by atoms with Gasteiger partial charge in [-0.2, -0.15) is 0 Å². The second-order valence-corrected chi connectivity index (χ2v) is 6.96. The molecule has 1 atom stereocenters. The molecule has 8 heteroatoms. The van der Waals surface area contributed by atoms with E-state index < -0.39 is 5.91 Å². The molecule has 7 nitrogen and oxygen atoms in total. The van der Waals surface area contributed by atoms with Crippen molar-refractivity contribution in [3.05, 3.63) is 52.5 Å². The van der Waals surface area contributed by atoms with E-state index in [9.17, 15) is 9.59 Å². The number of nitrogens with two attached hydrogens (primary N) is 2. The van der Waals surface area contributed by atoms with E-state index in [1.807, 2.05) is 0 Å². The fourth-order valence-corrected chi connectivity index (χ4v) is 3.52. The van der Waals surface area contributed by atoms with Crippen molar-refractivity contribution in [1.82, 2.24) is 0 Å². The second-order valence-electron chi connectivity index (χ2n) is 6.53. The highest BCUT2D eigenvalue weighted by atomic mass is 35.5. The number of carbonyl (C=O) groups excluding carboxylic acids is 2. The predicted octanol–water partition coefficient (Wildman–Crippen LogP) is 2.91. The molecule has 4 N–H and O–H groups in total. The molecule has 1 aliphatic heterocycles. The third kappa shape index (κ3) is 4.21. The van der Waals surface area contributed by atoms with E-state index in [4.69, 9.17) is 32.5 Å². The smallest absolute Gasteiger partial charge is 0.262 e. The molecule has 0 fully saturated rings. The van der Waals surface area contributed by atoms with E-state index in [0.717, 1.165) is 5.56 Å². The van der Waals surface area contributed by atoms with Gasteiger partial charge in [-0.1, -0.05) is 11.6 Å². The number of amides is 2. The second kappa shape index (κ2) is 8.50. The van der Waals surface area contributed by atoms with Crippen LogP contribution >= 0.6 is 11.6 Å². The first kappa shape index (κ1) is 20.0. The molecule has 0 aromatic heterocycles. The number of anilines is 2. The summed E-state index contributed by atoms with van der Waals surface area (Å²) in [6.07, 6.45) is 0.925. The fraction of sp³-hybridized carbons (Fsp3) is 0.300. The lowest BCUT2D eigenvalue weighted by atomic mass is 10.0. The van der Waals surface area contributed by atoms with Gasteiger partial charge < -0.3 is 25.8 Å². The SMILES string of the molecule is COc1cc(N)ccc1C(=O)N1CCCC(OCC(N)=O)c2cc(Cl)ccc21. The molecule has 1 heterocycles. The van der Waals surface area contributed by atoms with Gasteiger partial charge in [0.1, 0.15) is 12.4 Å². The van der Waals surface area contributed by atoms with Crippen molar-refractivity contribution < 1.29 is 19.1 Å². The summed E-state index contributed by atoms with van der Waals surface area (Å²) in [4.78, 5) is 26.1. The fourth-order valence-electron chi connectivity index (χ4n) is 3.34. The molecule has 0 saturated heterocycles. The summed E-state index contributed by atoms with van der Waals surface area (Å²) in [5, 5.41) is 0.519. The standard InChI is InChI=1S/C20H22ClN3O4/c1-27-18-10-13(22)5-6-14(18)20(26)24-8-2-3-17(28-11-19(23)25)15-9-12(21)4-7-16(15)24/h4-7,9-10,17H,2-3,8,11,22H2,1H3,(H2,23,25). The van der Waals surface area contributed by atoms with Crippen molar-refractivity contribution in [1.29, 1.82) is 0 Å². The van der Waals surface area contributed by atoms with Crippen molar-refractivity contribution in [2.24, 2.45) is 5.73 Å². The lowest BCUT2D eigenvalue weighted by Crippen LogP contribution is -2.32. The average Bonchev–Trinajstić information content (AvgIpc) is 2.84. The molecule has 2 amide bonds. The number of halogens is 1. The molecule has 1 unspecified atom stereocenters. The molecule has 0 bridgehead atoms. The molecule has 28 heavy (non-hydrogen) atoms. The van der Waals surface area contributed by atoms with Gasteiger partial charge in [-0.3, -0.25) is 9.59 Å². The first-order valence-corrected chi connectivity index (χ1v) is 9.23. The van der Waals surface area contributed by atoms with Gasteiger partial charge in [0.2, 0.25) is 5.91 Å². The van der Waals surface area contributed by atoms with Crippen molar-refractivity contribution in [2.45, 2.75) is 18.9 Å². The lowest BCUT2D eigenvalue weighted by Gasteiger charge is -2.25. The summed E-state index contributed by atoms with van der Waals surface area (Å²) in [5.74, 6) is -0.352. The Balaban J connectivity index is 2.01. The van der Waals surface area contributed by atoms with Crippen LogP contribution in [0.25, 0.3) is 0 Å². The predicted molar refractivity (Wildman–Crippen MR) is 108 cm³/mol. The van der Waals surface area contributed by atoms with Gasteiger partial charge in [-0.25, -0.2) is 0 Å². The van der Waals surface area contributed by atoms with Gasteiger partial charge in [-0.05, 0) is 43.2 Å². The Hall–Kier alpha value is -2.77. The maximum Gasteiger partial charge on any atom is 0.262 e. The normalized spacial score (nSPS) is 16.2. The largest absolute Gasteiger partial charge is 0.496 e. The minimum atomic E-state index is -0.549. The monoisotopic (exact) mass is 403 g/mol. The Labute approximate surface area is 168 Å². The number of rotatable bonds is 5. The van der Waals surface area contributed by atoms with Crippen LogP contribution in [0.5, 0.6) is 5.75 Å². The van der Waals surface area contributed by atoms with Crippen LogP contribution in [0, 0.1) is 0 Å². The van der Waals surface area contributed by atoms with E-state index in [2.05, 4.69) is 0 Å². The molecule has 0 radical (unpaired) electrons. The molecular formula is C20H22ClN3O4. The molecule has 148 valence electrons. The Bertz CT molecular complexity index is 903. The maximum absolute atomic E-state index is 13.3. The Morgan fingerprint density at radius 1 is 1.25 bits per heavy atom. The van der Waals surface area contributed by atoms with Crippen molar-refractivity contribution in [3.63, 3.8) is 0 Å². The zero-order chi connectivity index (χ0) is 20.3. The number of carbonyl (C=O) groups is 2. The highest BCUT2D eigenvalue weighted by Gasteiger charge is 2.29. The van der Waals surface area contributed by atoms with E-state index in [1.54, 1.807) is 41.3 Å². The van der Waals surface area contributed by atoms with Crippen LogP contribution < -0.4 is 21.1 Å². The summed E-state index contributed by atoms with van der Waals surface area (Å²) in [6.45, 7) is 0.285. The van der Waals surface area contributed by atoms with Gasteiger partial charge in [0.25, 0.3) is 5.91 Å². The zero-order valence-electron chi connectivity index (χ0n) is 15.5. The van der Waals surface area contributed by atoms with Crippen LogP contribution in [-0.4, -0.2) is 32.1 Å². The molecule has 3 rings (SSSR count). The van der Waals surface area contributed by atoms with Gasteiger partial charge in [0, 0.05) is 34.6 Å². The van der Waals surface area contributed by atoms with Crippen molar-refractivity contribution in [3.8, 4) is 5.75 Å². The van der Waals surface area contributed by atoms with Crippen LogP contribution in [-0.2, 0) is 9.53 Å². The summed E-state index contributed by atoms with van der Waals surface area (Å²) in [7, 11) is 1.50. The highest BCUT2D eigenvalue weighted by molar-refractivity contribution is 6.30. The third-order valence-corrected chi connectivity index (χ3v) is 4.84.